The monoisotopic (exact) mass is 357 g/mol. The van der Waals surface area contributed by atoms with Crippen LogP contribution in [-0.2, 0) is 9.59 Å². The zero-order valence-electron chi connectivity index (χ0n) is 12.2. The highest BCUT2D eigenvalue weighted by molar-refractivity contribution is 9.10. The van der Waals surface area contributed by atoms with Crippen molar-refractivity contribution in [3.8, 4) is 5.75 Å². The predicted molar refractivity (Wildman–Crippen MR) is 83.3 cm³/mol. The quantitative estimate of drug-likeness (QED) is 0.749. The molecule has 2 N–H and O–H groups in total. The summed E-state index contributed by atoms with van der Waals surface area (Å²) in [5.74, 6) is -0.675. The molecule has 0 fully saturated rings. The molecular formula is C15H20BrNO4. The molecule has 0 aliphatic carbocycles. The molecule has 5 nitrogen and oxygen atoms in total. The molecule has 0 spiro atoms. The van der Waals surface area contributed by atoms with Crippen molar-refractivity contribution in [1.29, 1.82) is 0 Å². The lowest BCUT2D eigenvalue weighted by molar-refractivity contribution is -0.139. The molecule has 0 saturated carbocycles. The van der Waals surface area contributed by atoms with Gasteiger partial charge in [-0.3, -0.25) is 9.59 Å². The number of para-hydroxylation sites is 1. The second-order valence-corrected chi connectivity index (χ2v) is 5.68. The Hall–Kier alpha value is -1.56. The smallest absolute Gasteiger partial charge is 0.305 e. The van der Waals surface area contributed by atoms with Crippen molar-refractivity contribution >= 4 is 27.8 Å². The number of aliphatic carboxylic acids is 1. The Morgan fingerprint density at radius 2 is 1.90 bits per heavy atom. The number of carbonyl (C=O) groups is 2. The molecule has 0 aliphatic rings. The summed E-state index contributed by atoms with van der Waals surface area (Å²) in [5, 5.41) is 11.8. The van der Waals surface area contributed by atoms with Gasteiger partial charge in [-0.2, -0.15) is 0 Å². The molecule has 1 amide bonds. The van der Waals surface area contributed by atoms with Crippen LogP contribution >= 0.6 is 15.9 Å². The highest BCUT2D eigenvalue weighted by atomic mass is 79.9. The van der Waals surface area contributed by atoms with Gasteiger partial charge in [-0.1, -0.05) is 26.0 Å². The van der Waals surface area contributed by atoms with Crippen molar-refractivity contribution in [2.45, 2.75) is 38.6 Å². The van der Waals surface area contributed by atoms with Crippen LogP contribution in [0.5, 0.6) is 5.75 Å². The molecule has 0 radical (unpaired) electrons. The van der Waals surface area contributed by atoms with Gasteiger partial charge in [0.15, 0.2) is 6.61 Å². The normalized spacial score (nSPS) is 11.0. The summed E-state index contributed by atoms with van der Waals surface area (Å²) in [5.41, 5.74) is -0.722. The van der Waals surface area contributed by atoms with Crippen molar-refractivity contribution < 1.29 is 19.4 Å². The standard InChI is InChI=1S/C15H20BrNO4/c1-3-15(4-2,9-14(19)20)17-13(18)10-21-12-8-6-5-7-11(12)16/h5-8H,3-4,9-10H2,1-2H3,(H,17,18)(H,19,20). The van der Waals surface area contributed by atoms with Crippen molar-refractivity contribution in [1.82, 2.24) is 5.32 Å². The minimum Gasteiger partial charge on any atom is -0.483 e. The third-order valence-corrected chi connectivity index (χ3v) is 4.10. The number of halogens is 1. The number of ether oxygens (including phenoxy) is 1. The Bertz CT molecular complexity index is 500. The first-order valence-corrected chi connectivity index (χ1v) is 7.62. The minimum absolute atomic E-state index is 0.0965. The molecule has 1 rings (SSSR count). The molecule has 0 saturated heterocycles. The van der Waals surface area contributed by atoms with Gasteiger partial charge in [0.2, 0.25) is 0 Å². The van der Waals surface area contributed by atoms with Crippen LogP contribution in [0, 0.1) is 0 Å². The van der Waals surface area contributed by atoms with Gasteiger partial charge in [0, 0.05) is 0 Å². The molecule has 1 aromatic carbocycles. The zero-order valence-corrected chi connectivity index (χ0v) is 13.8. The van der Waals surface area contributed by atoms with E-state index in [9.17, 15) is 9.59 Å². The summed E-state index contributed by atoms with van der Waals surface area (Å²) in [6.07, 6.45) is 1.01. The van der Waals surface area contributed by atoms with Gasteiger partial charge >= 0.3 is 5.97 Å². The zero-order chi connectivity index (χ0) is 15.9. The molecule has 0 atom stereocenters. The summed E-state index contributed by atoms with van der Waals surface area (Å²) in [6, 6.07) is 7.23. The van der Waals surface area contributed by atoms with Crippen LogP contribution in [-0.4, -0.2) is 29.1 Å². The van der Waals surface area contributed by atoms with E-state index >= 15 is 0 Å². The number of carbonyl (C=O) groups excluding carboxylic acids is 1. The first kappa shape index (κ1) is 17.5. The largest absolute Gasteiger partial charge is 0.483 e. The second-order valence-electron chi connectivity index (χ2n) is 4.83. The maximum absolute atomic E-state index is 12.0. The molecule has 0 aromatic heterocycles. The minimum atomic E-state index is -0.925. The highest BCUT2D eigenvalue weighted by Gasteiger charge is 2.31. The molecule has 6 heteroatoms. The van der Waals surface area contributed by atoms with Gasteiger partial charge in [-0.25, -0.2) is 0 Å². The van der Waals surface area contributed by atoms with E-state index in [0.717, 1.165) is 4.47 Å². The van der Waals surface area contributed by atoms with Crippen LogP contribution < -0.4 is 10.1 Å². The topological polar surface area (TPSA) is 75.6 Å². The van der Waals surface area contributed by atoms with E-state index in [1.54, 1.807) is 6.07 Å². The summed E-state index contributed by atoms with van der Waals surface area (Å²) < 4.78 is 6.20. The van der Waals surface area contributed by atoms with Gasteiger partial charge in [0.1, 0.15) is 5.75 Å². The van der Waals surface area contributed by atoms with Crippen molar-refractivity contribution in [2.24, 2.45) is 0 Å². The van der Waals surface area contributed by atoms with Crippen LogP contribution in [0.2, 0.25) is 0 Å². The van der Waals surface area contributed by atoms with Gasteiger partial charge < -0.3 is 15.2 Å². The van der Waals surface area contributed by atoms with Crippen LogP contribution in [0.15, 0.2) is 28.7 Å². The van der Waals surface area contributed by atoms with Crippen LogP contribution in [0.4, 0.5) is 0 Å². The molecule has 0 heterocycles. The number of carboxylic acids is 1. The van der Waals surface area contributed by atoms with Gasteiger partial charge in [0.25, 0.3) is 5.91 Å². The molecule has 1 aromatic rings. The number of rotatable bonds is 8. The second kappa shape index (κ2) is 8.02. The number of hydrogen-bond acceptors (Lipinski definition) is 3. The van der Waals surface area contributed by atoms with E-state index in [-0.39, 0.29) is 18.9 Å². The lowest BCUT2D eigenvalue weighted by Gasteiger charge is -2.31. The van der Waals surface area contributed by atoms with Crippen molar-refractivity contribution in [2.75, 3.05) is 6.61 Å². The average Bonchev–Trinajstić information content (AvgIpc) is 2.45. The third kappa shape index (κ3) is 5.38. The van der Waals surface area contributed by atoms with E-state index in [4.69, 9.17) is 9.84 Å². The van der Waals surface area contributed by atoms with E-state index in [2.05, 4.69) is 21.2 Å². The van der Waals surface area contributed by atoms with E-state index < -0.39 is 11.5 Å². The first-order valence-electron chi connectivity index (χ1n) is 6.82. The maximum atomic E-state index is 12.0. The van der Waals surface area contributed by atoms with Crippen LogP contribution in [0.25, 0.3) is 0 Å². The molecule has 0 bridgehead atoms. The van der Waals surface area contributed by atoms with Gasteiger partial charge in [-0.05, 0) is 40.9 Å². The fourth-order valence-corrected chi connectivity index (χ4v) is 2.45. The molecule has 21 heavy (non-hydrogen) atoms. The van der Waals surface area contributed by atoms with Gasteiger partial charge in [0.05, 0.1) is 16.4 Å². The summed E-state index contributed by atoms with van der Waals surface area (Å²) in [6.45, 7) is 3.58. The van der Waals surface area contributed by atoms with E-state index in [1.807, 2.05) is 32.0 Å². The SMILES string of the molecule is CCC(CC)(CC(=O)O)NC(=O)COc1ccccc1Br. The summed E-state index contributed by atoms with van der Waals surface area (Å²) in [4.78, 5) is 22.9. The van der Waals surface area contributed by atoms with Crippen LogP contribution in [0.1, 0.15) is 33.1 Å². The highest BCUT2D eigenvalue weighted by Crippen LogP contribution is 2.24. The Morgan fingerprint density at radius 1 is 1.29 bits per heavy atom. The third-order valence-electron chi connectivity index (χ3n) is 3.44. The first-order chi connectivity index (χ1) is 9.92. The lowest BCUT2D eigenvalue weighted by Crippen LogP contribution is -2.50. The lowest BCUT2D eigenvalue weighted by atomic mass is 9.89. The molecular weight excluding hydrogens is 338 g/mol. The van der Waals surface area contributed by atoms with Crippen LogP contribution in [0.3, 0.4) is 0 Å². The molecule has 116 valence electrons. The maximum Gasteiger partial charge on any atom is 0.305 e. The number of amides is 1. The van der Waals surface area contributed by atoms with Gasteiger partial charge in [-0.15, -0.1) is 0 Å². The average molecular weight is 358 g/mol. The van der Waals surface area contributed by atoms with E-state index in [0.29, 0.717) is 18.6 Å². The van der Waals surface area contributed by atoms with Crippen molar-refractivity contribution in [3.05, 3.63) is 28.7 Å². The Labute approximate surface area is 132 Å². The number of carboxylic acid groups (broad SMARTS) is 1. The molecule has 0 unspecified atom stereocenters. The molecule has 0 aliphatic heterocycles. The Balaban J connectivity index is 2.62. The number of hydrogen-bond donors (Lipinski definition) is 2. The summed E-state index contributed by atoms with van der Waals surface area (Å²) >= 11 is 3.33. The Morgan fingerprint density at radius 3 is 2.43 bits per heavy atom. The van der Waals surface area contributed by atoms with Crippen molar-refractivity contribution in [3.63, 3.8) is 0 Å². The number of benzene rings is 1. The fraction of sp³-hybridized carbons (Fsp3) is 0.467. The number of nitrogens with one attached hydrogen (secondary N) is 1. The predicted octanol–water partition coefficient (Wildman–Crippen LogP) is 2.98. The fourth-order valence-electron chi connectivity index (χ4n) is 2.05. The summed E-state index contributed by atoms with van der Waals surface area (Å²) in [7, 11) is 0. The van der Waals surface area contributed by atoms with E-state index in [1.165, 1.54) is 0 Å². The Kier molecular flexibility index (Phi) is 6.68.